The van der Waals surface area contributed by atoms with Gasteiger partial charge >= 0.3 is 0 Å². The maximum absolute atomic E-state index is 13.9. The molecule has 0 spiro atoms. The van der Waals surface area contributed by atoms with Crippen molar-refractivity contribution in [3.05, 3.63) is 23.6 Å². The van der Waals surface area contributed by atoms with Gasteiger partial charge in [0.1, 0.15) is 6.10 Å². The summed E-state index contributed by atoms with van der Waals surface area (Å²) in [6.07, 6.45) is 7.23. The van der Waals surface area contributed by atoms with Gasteiger partial charge in [-0.2, -0.15) is 0 Å². The van der Waals surface area contributed by atoms with Crippen molar-refractivity contribution in [2.24, 2.45) is 11.7 Å². The molecule has 2 rings (SSSR count). The molecule has 0 aromatic carbocycles. The van der Waals surface area contributed by atoms with Crippen LogP contribution >= 0.6 is 0 Å². The van der Waals surface area contributed by atoms with E-state index in [4.69, 9.17) is 10.5 Å². The number of pyridine rings is 1. The van der Waals surface area contributed by atoms with Crippen molar-refractivity contribution in [3.63, 3.8) is 0 Å². The van der Waals surface area contributed by atoms with Gasteiger partial charge in [0.2, 0.25) is 0 Å². The largest absolute Gasteiger partial charge is 0.472 e. The van der Waals surface area contributed by atoms with Crippen LogP contribution in [0.2, 0.25) is 0 Å². The minimum Gasteiger partial charge on any atom is -0.472 e. The summed E-state index contributed by atoms with van der Waals surface area (Å²) in [5, 5.41) is 0. The van der Waals surface area contributed by atoms with E-state index < -0.39 is 5.82 Å². The molecule has 1 aliphatic carbocycles. The Bertz CT molecular complexity index is 397. The highest BCUT2D eigenvalue weighted by Crippen LogP contribution is 2.30. The van der Waals surface area contributed by atoms with Crippen LogP contribution in [-0.2, 0) is 6.54 Å². The fourth-order valence-electron chi connectivity index (χ4n) is 2.58. The second-order valence-corrected chi connectivity index (χ2v) is 4.97. The maximum atomic E-state index is 13.9. The molecule has 2 N–H and O–H groups in total. The maximum Gasteiger partial charge on any atom is 0.250 e. The predicted molar refractivity (Wildman–Crippen MR) is 68.8 cm³/mol. The molecule has 18 heavy (non-hydrogen) atoms. The summed E-state index contributed by atoms with van der Waals surface area (Å²) in [7, 11) is 0. The van der Waals surface area contributed by atoms with E-state index in [9.17, 15) is 4.39 Å². The Morgan fingerprint density at radius 2 is 2.33 bits per heavy atom. The number of aromatic nitrogens is 1. The minimum atomic E-state index is -0.404. The van der Waals surface area contributed by atoms with Crippen molar-refractivity contribution < 1.29 is 9.13 Å². The van der Waals surface area contributed by atoms with E-state index in [1.165, 1.54) is 12.8 Å². The third kappa shape index (κ3) is 2.99. The molecule has 100 valence electrons. The summed E-state index contributed by atoms with van der Waals surface area (Å²) in [5.41, 5.74) is 5.93. The van der Waals surface area contributed by atoms with Crippen LogP contribution in [0.25, 0.3) is 0 Å². The molecule has 0 saturated heterocycles. The van der Waals surface area contributed by atoms with Gasteiger partial charge in [0, 0.05) is 18.3 Å². The Balaban J connectivity index is 2.04. The molecular formula is C14H21FN2O. The molecular weight excluding hydrogens is 231 g/mol. The lowest BCUT2D eigenvalue weighted by Gasteiger charge is -2.28. The summed E-state index contributed by atoms with van der Waals surface area (Å²) in [6.45, 7) is 2.37. The summed E-state index contributed by atoms with van der Waals surface area (Å²) in [6, 6.07) is 1.60. The summed E-state index contributed by atoms with van der Waals surface area (Å²) < 4.78 is 19.7. The molecule has 2 atom stereocenters. The molecule has 3 nitrogen and oxygen atoms in total. The lowest BCUT2D eigenvalue weighted by atomic mass is 9.85. The Hall–Kier alpha value is -1.16. The zero-order valence-corrected chi connectivity index (χ0v) is 10.9. The van der Waals surface area contributed by atoms with Gasteiger partial charge in [-0.3, -0.25) is 0 Å². The molecule has 0 radical (unpaired) electrons. The second-order valence-electron chi connectivity index (χ2n) is 4.97. The van der Waals surface area contributed by atoms with Gasteiger partial charge < -0.3 is 10.5 Å². The number of nitrogens with zero attached hydrogens (tertiary/aromatic N) is 1. The zero-order chi connectivity index (χ0) is 13.0. The molecule has 1 heterocycles. The van der Waals surface area contributed by atoms with Crippen molar-refractivity contribution in [1.29, 1.82) is 0 Å². The van der Waals surface area contributed by atoms with E-state index in [1.54, 1.807) is 12.3 Å². The lowest BCUT2D eigenvalue weighted by Crippen LogP contribution is -2.26. The fraction of sp³-hybridized carbons (Fsp3) is 0.643. The topological polar surface area (TPSA) is 48.1 Å². The molecule has 1 aromatic rings. The van der Waals surface area contributed by atoms with Crippen LogP contribution < -0.4 is 10.5 Å². The average Bonchev–Trinajstić information content (AvgIpc) is 2.41. The molecule has 4 heteroatoms. The average molecular weight is 252 g/mol. The summed E-state index contributed by atoms with van der Waals surface area (Å²) in [4.78, 5) is 3.98. The number of rotatable bonds is 4. The highest BCUT2D eigenvalue weighted by atomic mass is 19.1. The van der Waals surface area contributed by atoms with E-state index in [0.717, 1.165) is 19.3 Å². The molecule has 0 bridgehead atoms. The third-order valence-electron chi connectivity index (χ3n) is 3.75. The Labute approximate surface area is 108 Å². The van der Waals surface area contributed by atoms with Gasteiger partial charge in [0.05, 0.1) is 0 Å². The van der Waals surface area contributed by atoms with Crippen molar-refractivity contribution in [3.8, 4) is 5.88 Å². The first kappa shape index (κ1) is 13.3. The number of ether oxygens (including phenoxy) is 1. The first-order valence-electron chi connectivity index (χ1n) is 6.74. The van der Waals surface area contributed by atoms with Crippen LogP contribution in [0.15, 0.2) is 12.3 Å². The molecule has 2 unspecified atom stereocenters. The van der Waals surface area contributed by atoms with E-state index >= 15 is 0 Å². The van der Waals surface area contributed by atoms with E-state index in [-0.39, 0.29) is 18.5 Å². The lowest BCUT2D eigenvalue weighted by molar-refractivity contribution is 0.111. The Morgan fingerprint density at radius 3 is 3.06 bits per heavy atom. The molecule has 1 fully saturated rings. The van der Waals surface area contributed by atoms with E-state index in [0.29, 0.717) is 11.5 Å². The van der Waals surface area contributed by atoms with Gasteiger partial charge in [-0.25, -0.2) is 9.37 Å². The van der Waals surface area contributed by atoms with Crippen LogP contribution in [0, 0.1) is 11.7 Å². The quantitative estimate of drug-likeness (QED) is 0.896. The highest BCUT2D eigenvalue weighted by Gasteiger charge is 2.23. The van der Waals surface area contributed by atoms with Crippen molar-refractivity contribution in [2.75, 3.05) is 0 Å². The van der Waals surface area contributed by atoms with E-state index in [2.05, 4.69) is 11.9 Å². The van der Waals surface area contributed by atoms with Crippen LogP contribution in [0.3, 0.4) is 0 Å². The van der Waals surface area contributed by atoms with Crippen molar-refractivity contribution in [2.45, 2.75) is 51.7 Å². The fourth-order valence-corrected chi connectivity index (χ4v) is 2.58. The standard InChI is InChI=1S/C14H21FN2O/c1-2-10-4-3-5-12(8-10)18-14-13(15)11(9-16)6-7-17-14/h6-7,10,12H,2-5,8-9,16H2,1H3. The van der Waals surface area contributed by atoms with Crippen LogP contribution in [0.4, 0.5) is 4.39 Å². The summed E-state index contributed by atoms with van der Waals surface area (Å²) >= 11 is 0. The minimum absolute atomic E-state index is 0.0960. The summed E-state index contributed by atoms with van der Waals surface area (Å²) in [5.74, 6) is 0.405. The highest BCUT2D eigenvalue weighted by molar-refractivity contribution is 5.23. The van der Waals surface area contributed by atoms with Crippen molar-refractivity contribution >= 4 is 0 Å². The first-order chi connectivity index (χ1) is 8.74. The predicted octanol–water partition coefficient (Wildman–Crippen LogP) is 3.03. The number of hydrogen-bond donors (Lipinski definition) is 1. The number of hydrogen-bond acceptors (Lipinski definition) is 3. The van der Waals surface area contributed by atoms with Crippen molar-refractivity contribution in [1.82, 2.24) is 4.98 Å². The van der Waals surface area contributed by atoms with Gasteiger partial charge in [-0.1, -0.05) is 19.8 Å². The Kier molecular flexibility index (Phi) is 4.53. The molecule has 0 amide bonds. The Morgan fingerprint density at radius 1 is 1.50 bits per heavy atom. The van der Waals surface area contributed by atoms with Gasteiger partial charge in [-0.05, 0) is 31.2 Å². The molecule has 1 aromatic heterocycles. The number of nitrogens with two attached hydrogens (primary N) is 1. The number of halogens is 1. The third-order valence-corrected chi connectivity index (χ3v) is 3.75. The monoisotopic (exact) mass is 252 g/mol. The van der Waals surface area contributed by atoms with E-state index in [1.807, 2.05) is 0 Å². The normalized spacial score (nSPS) is 23.9. The van der Waals surface area contributed by atoms with Gasteiger partial charge in [0.25, 0.3) is 5.88 Å². The van der Waals surface area contributed by atoms with Crippen LogP contribution in [0.5, 0.6) is 5.88 Å². The second kappa shape index (κ2) is 6.14. The smallest absolute Gasteiger partial charge is 0.250 e. The van der Waals surface area contributed by atoms with Crippen LogP contribution in [-0.4, -0.2) is 11.1 Å². The first-order valence-corrected chi connectivity index (χ1v) is 6.74. The SMILES string of the molecule is CCC1CCCC(Oc2nccc(CN)c2F)C1. The van der Waals surface area contributed by atoms with Crippen LogP contribution in [0.1, 0.15) is 44.6 Å². The molecule has 0 aliphatic heterocycles. The zero-order valence-electron chi connectivity index (χ0n) is 10.9. The molecule has 1 aliphatic rings. The molecule has 1 saturated carbocycles. The van der Waals surface area contributed by atoms with Gasteiger partial charge in [0.15, 0.2) is 5.82 Å². The van der Waals surface area contributed by atoms with Gasteiger partial charge in [-0.15, -0.1) is 0 Å².